The van der Waals surface area contributed by atoms with E-state index in [1.54, 1.807) is 61.5 Å². The highest BCUT2D eigenvalue weighted by molar-refractivity contribution is 7.98. The Morgan fingerprint density at radius 1 is 0.896 bits per heavy atom. The molecule has 1 N–H and O–H groups in total. The number of amides is 2. The molecule has 2 amide bonds. The number of anilines is 1. The summed E-state index contributed by atoms with van der Waals surface area (Å²) in [4.78, 5) is 30.7. The minimum atomic E-state index is -4.33. The van der Waals surface area contributed by atoms with E-state index < -0.39 is 40.2 Å². The molecule has 11 heteroatoms. The van der Waals surface area contributed by atoms with Gasteiger partial charge in [-0.1, -0.05) is 74.5 Å². The lowest BCUT2D eigenvalue weighted by Crippen LogP contribution is -2.53. The van der Waals surface area contributed by atoms with Gasteiger partial charge in [0.1, 0.15) is 24.2 Å². The summed E-state index contributed by atoms with van der Waals surface area (Å²) in [5, 5.41) is 2.94. The third-order valence-electron chi connectivity index (χ3n) is 7.61. The molecule has 0 spiro atoms. The van der Waals surface area contributed by atoms with Gasteiger partial charge in [0.15, 0.2) is 0 Å². The number of carbonyl (C=O) groups excluding carboxylic acids is 2. The number of nitrogens with one attached hydrogen (secondary N) is 1. The first-order valence-electron chi connectivity index (χ1n) is 15.8. The van der Waals surface area contributed by atoms with E-state index in [9.17, 15) is 18.0 Å². The van der Waals surface area contributed by atoms with Crippen LogP contribution in [0.2, 0.25) is 0 Å². The van der Waals surface area contributed by atoms with Gasteiger partial charge in [-0.2, -0.15) is 0 Å². The van der Waals surface area contributed by atoms with Crippen LogP contribution in [-0.4, -0.2) is 57.1 Å². The number of hydrogen-bond acceptors (Lipinski definition) is 6. The van der Waals surface area contributed by atoms with E-state index in [0.29, 0.717) is 6.54 Å². The van der Waals surface area contributed by atoms with E-state index in [-0.39, 0.29) is 47.4 Å². The predicted molar refractivity (Wildman–Crippen MR) is 189 cm³/mol. The molecule has 48 heavy (non-hydrogen) atoms. The molecular formula is C37H42FN3O5S2. The van der Waals surface area contributed by atoms with E-state index in [0.717, 1.165) is 14.8 Å². The SMILES string of the molecule is CCOc1ccccc1N(CC(=O)N(Cc1ccccc1F)[C@H](Cc1ccccc1)C(=O)NCC(C)C)S(=O)(=O)c1ccc(SC)cc1. The van der Waals surface area contributed by atoms with Crippen molar-refractivity contribution in [3.8, 4) is 5.75 Å². The Labute approximate surface area is 287 Å². The summed E-state index contributed by atoms with van der Waals surface area (Å²) in [6.45, 7) is 5.38. The second-order valence-electron chi connectivity index (χ2n) is 11.5. The zero-order valence-corrected chi connectivity index (χ0v) is 29.3. The van der Waals surface area contributed by atoms with Gasteiger partial charge < -0.3 is 15.0 Å². The fourth-order valence-corrected chi connectivity index (χ4v) is 6.95. The molecule has 4 aromatic rings. The second-order valence-corrected chi connectivity index (χ2v) is 14.3. The smallest absolute Gasteiger partial charge is 0.264 e. The highest BCUT2D eigenvalue weighted by Gasteiger charge is 2.36. The first kappa shape index (κ1) is 36.5. The van der Waals surface area contributed by atoms with Crippen LogP contribution in [0.1, 0.15) is 31.9 Å². The summed E-state index contributed by atoms with van der Waals surface area (Å²) in [5.41, 5.74) is 1.14. The van der Waals surface area contributed by atoms with Gasteiger partial charge in [-0.25, -0.2) is 12.8 Å². The Hall–Kier alpha value is -4.35. The van der Waals surface area contributed by atoms with Crippen LogP contribution < -0.4 is 14.4 Å². The maximum absolute atomic E-state index is 15.1. The topological polar surface area (TPSA) is 96.0 Å². The minimum Gasteiger partial charge on any atom is -0.492 e. The lowest BCUT2D eigenvalue weighted by molar-refractivity contribution is -0.140. The van der Waals surface area contributed by atoms with Crippen molar-refractivity contribution in [3.05, 3.63) is 120 Å². The van der Waals surface area contributed by atoms with Crippen molar-refractivity contribution in [1.29, 1.82) is 0 Å². The number of hydrogen-bond donors (Lipinski definition) is 1. The molecule has 0 aliphatic carbocycles. The molecule has 8 nitrogen and oxygen atoms in total. The Morgan fingerprint density at radius 3 is 2.19 bits per heavy atom. The number of ether oxygens (including phenoxy) is 1. The van der Waals surface area contributed by atoms with E-state index in [1.807, 2.05) is 50.4 Å². The molecule has 0 unspecified atom stereocenters. The Bertz CT molecular complexity index is 1770. The second kappa shape index (κ2) is 17.2. The van der Waals surface area contributed by atoms with E-state index >= 15 is 4.39 Å². The van der Waals surface area contributed by atoms with Crippen molar-refractivity contribution in [1.82, 2.24) is 10.2 Å². The van der Waals surface area contributed by atoms with E-state index in [1.165, 1.54) is 34.9 Å². The van der Waals surface area contributed by atoms with Crippen LogP contribution in [0.15, 0.2) is 113 Å². The fraction of sp³-hybridized carbons (Fsp3) is 0.297. The van der Waals surface area contributed by atoms with E-state index in [4.69, 9.17) is 4.74 Å². The fourth-order valence-electron chi connectivity index (χ4n) is 5.12. The minimum absolute atomic E-state index is 0.0180. The molecule has 0 saturated carbocycles. The molecule has 0 aromatic heterocycles. The molecule has 0 aliphatic rings. The van der Waals surface area contributed by atoms with Gasteiger partial charge in [-0.15, -0.1) is 11.8 Å². The summed E-state index contributed by atoms with van der Waals surface area (Å²) < 4.78 is 50.7. The number of nitrogens with zero attached hydrogens (tertiary/aromatic N) is 2. The molecule has 0 saturated heterocycles. The molecule has 4 aromatic carbocycles. The highest BCUT2D eigenvalue weighted by atomic mass is 32.2. The van der Waals surface area contributed by atoms with Gasteiger partial charge in [-0.3, -0.25) is 13.9 Å². The molecule has 0 heterocycles. The van der Waals surface area contributed by atoms with Crippen molar-refractivity contribution in [2.24, 2.45) is 5.92 Å². The number of benzene rings is 4. The van der Waals surface area contributed by atoms with Crippen molar-refractivity contribution < 1.29 is 27.1 Å². The van der Waals surface area contributed by atoms with Crippen LogP contribution in [0.4, 0.5) is 10.1 Å². The molecule has 4 rings (SSSR count). The predicted octanol–water partition coefficient (Wildman–Crippen LogP) is 6.55. The quantitative estimate of drug-likeness (QED) is 0.134. The number of thioether (sulfide) groups is 1. The average molecular weight is 692 g/mol. The standard InChI is InChI=1S/C37H42FN3O5S2/c1-5-46-35-18-12-11-17-33(35)41(48(44,45)31-21-19-30(47-4)20-22-31)26-36(42)40(25-29-15-9-10-16-32(29)38)34(37(43)39-24-27(2)3)23-28-13-7-6-8-14-28/h6-22,27,34H,5,23-26H2,1-4H3,(H,39,43)/t34-/m1/s1. The summed E-state index contributed by atoms with van der Waals surface area (Å²) in [7, 11) is -4.33. The van der Waals surface area contributed by atoms with Crippen molar-refractivity contribution in [2.45, 2.75) is 49.6 Å². The Balaban J connectivity index is 1.84. The van der Waals surface area contributed by atoms with Crippen LogP contribution >= 0.6 is 11.8 Å². The van der Waals surface area contributed by atoms with Crippen molar-refractivity contribution in [2.75, 3.05) is 30.3 Å². The number of carbonyl (C=O) groups is 2. The zero-order chi connectivity index (χ0) is 34.7. The highest BCUT2D eigenvalue weighted by Crippen LogP contribution is 2.33. The van der Waals surface area contributed by atoms with Gasteiger partial charge in [0.05, 0.1) is 17.2 Å². The van der Waals surface area contributed by atoms with Crippen molar-refractivity contribution in [3.63, 3.8) is 0 Å². The zero-order valence-electron chi connectivity index (χ0n) is 27.6. The van der Waals surface area contributed by atoms with Gasteiger partial charge in [0.25, 0.3) is 10.0 Å². The van der Waals surface area contributed by atoms with Gasteiger partial charge in [-0.05, 0) is 67.1 Å². The van der Waals surface area contributed by atoms with Crippen molar-refractivity contribution >= 4 is 39.3 Å². The molecule has 0 aliphatic heterocycles. The first-order valence-corrected chi connectivity index (χ1v) is 18.4. The Morgan fingerprint density at radius 2 is 1.54 bits per heavy atom. The van der Waals surface area contributed by atoms with Crippen LogP contribution in [0.5, 0.6) is 5.75 Å². The molecule has 254 valence electrons. The van der Waals surface area contributed by atoms with Gasteiger partial charge >= 0.3 is 0 Å². The number of rotatable bonds is 16. The molecular weight excluding hydrogens is 650 g/mol. The lowest BCUT2D eigenvalue weighted by atomic mass is 10.0. The number of halogens is 1. The molecule has 0 radical (unpaired) electrons. The maximum Gasteiger partial charge on any atom is 0.264 e. The summed E-state index contributed by atoms with van der Waals surface area (Å²) >= 11 is 1.47. The van der Waals surface area contributed by atoms with Crippen LogP contribution in [0.3, 0.4) is 0 Å². The number of para-hydroxylation sites is 2. The molecule has 0 fully saturated rings. The summed E-state index contributed by atoms with van der Waals surface area (Å²) in [5.74, 6) is -1.25. The average Bonchev–Trinajstić information content (AvgIpc) is 3.09. The van der Waals surface area contributed by atoms with E-state index in [2.05, 4.69) is 5.32 Å². The normalized spacial score (nSPS) is 12.0. The molecule has 0 bridgehead atoms. The lowest BCUT2D eigenvalue weighted by Gasteiger charge is -2.34. The molecule has 1 atom stereocenters. The first-order chi connectivity index (χ1) is 23.0. The monoisotopic (exact) mass is 691 g/mol. The third kappa shape index (κ3) is 9.38. The maximum atomic E-state index is 15.1. The van der Waals surface area contributed by atoms with Gasteiger partial charge in [0.2, 0.25) is 11.8 Å². The van der Waals surface area contributed by atoms with Gasteiger partial charge in [0, 0.05) is 30.0 Å². The summed E-state index contributed by atoms with van der Waals surface area (Å²) in [6, 6.07) is 27.2. The van der Waals surface area contributed by atoms with Crippen LogP contribution in [0, 0.1) is 11.7 Å². The Kier molecular flexibility index (Phi) is 13.0. The largest absolute Gasteiger partial charge is 0.492 e. The number of sulfonamides is 1. The van der Waals surface area contributed by atoms with Crippen LogP contribution in [-0.2, 0) is 32.6 Å². The third-order valence-corrected chi connectivity index (χ3v) is 10.1. The summed E-state index contributed by atoms with van der Waals surface area (Å²) in [6.07, 6.45) is 2.02. The van der Waals surface area contributed by atoms with Crippen LogP contribution in [0.25, 0.3) is 0 Å².